The fourth-order valence-electron chi connectivity index (χ4n) is 3.75. The molecule has 5 N–H and O–H groups in total. The number of hydrogen-bond donors (Lipinski definition) is 3. The van der Waals surface area contributed by atoms with Crippen molar-refractivity contribution in [1.82, 2.24) is 9.69 Å². The topological polar surface area (TPSA) is 154 Å². The first-order chi connectivity index (χ1) is 18.2. The third kappa shape index (κ3) is 5.34. The van der Waals surface area contributed by atoms with Gasteiger partial charge >= 0.3 is 0 Å². The van der Waals surface area contributed by atoms with Gasteiger partial charge in [-0.05, 0) is 60.4 Å². The third-order valence-electron chi connectivity index (χ3n) is 5.65. The van der Waals surface area contributed by atoms with Crippen LogP contribution in [0.4, 0.5) is 15.8 Å². The average molecular weight is 538 g/mol. The van der Waals surface area contributed by atoms with Crippen LogP contribution in [0, 0.1) is 12.7 Å². The molecule has 2 aromatic heterocycles. The van der Waals surface area contributed by atoms with E-state index in [9.17, 15) is 14.4 Å². The Balaban J connectivity index is 1.78. The number of nitrogens with one attached hydrogen (secondary N) is 1. The minimum absolute atomic E-state index is 0.0875. The van der Waals surface area contributed by atoms with Crippen molar-refractivity contribution in [3.8, 4) is 5.75 Å². The van der Waals surface area contributed by atoms with Crippen molar-refractivity contribution >= 4 is 40.6 Å². The van der Waals surface area contributed by atoms with Gasteiger partial charge in [-0.3, -0.25) is 19.3 Å². The first-order valence-corrected chi connectivity index (χ1v) is 12.1. The zero-order valence-electron chi connectivity index (χ0n) is 20.4. The molecule has 0 aliphatic heterocycles. The number of carbonyl (C=O) groups excluding carboxylic acids is 3. The molecule has 0 saturated carbocycles. The normalized spacial score (nSPS) is 11.6. The molecule has 2 aromatic carbocycles. The molecule has 1 atom stereocenters. The lowest BCUT2D eigenvalue weighted by atomic mass is 10.1. The van der Waals surface area contributed by atoms with Gasteiger partial charge in [-0.25, -0.2) is 4.39 Å². The summed E-state index contributed by atoms with van der Waals surface area (Å²) < 4.78 is 29.9. The highest BCUT2D eigenvalue weighted by atomic mass is 32.1. The van der Waals surface area contributed by atoms with Crippen LogP contribution in [0.15, 0.2) is 65.1 Å². The van der Waals surface area contributed by atoms with Gasteiger partial charge in [0, 0.05) is 6.54 Å². The molecule has 12 heteroatoms. The summed E-state index contributed by atoms with van der Waals surface area (Å²) in [6.45, 7) is 1.78. The maximum absolute atomic E-state index is 15.1. The van der Waals surface area contributed by atoms with Gasteiger partial charge in [-0.1, -0.05) is 24.3 Å². The molecule has 0 fully saturated rings. The van der Waals surface area contributed by atoms with Gasteiger partial charge < -0.3 is 25.9 Å². The molecule has 4 rings (SSSR count). The SMILES string of the molecule is COc1ccc(CNC(=O)[C@H](c2ccc(C)o2)N(C(=O)c2snc(C(N)=O)c2N)c2ccccc2F)cc1. The van der Waals surface area contributed by atoms with Gasteiger partial charge in [0.25, 0.3) is 17.7 Å². The number of carbonyl (C=O) groups is 3. The first kappa shape index (κ1) is 26.4. The van der Waals surface area contributed by atoms with E-state index < -0.39 is 29.6 Å². The first-order valence-electron chi connectivity index (χ1n) is 11.3. The highest BCUT2D eigenvalue weighted by Crippen LogP contribution is 2.35. The summed E-state index contributed by atoms with van der Waals surface area (Å²) >= 11 is 0.621. The Labute approximate surface area is 221 Å². The van der Waals surface area contributed by atoms with Crippen molar-refractivity contribution in [3.05, 3.63) is 94.1 Å². The second kappa shape index (κ2) is 11.1. The number of halogens is 1. The number of ether oxygens (including phenoxy) is 1. The number of anilines is 2. The number of aromatic nitrogens is 1. The molecule has 0 radical (unpaired) electrons. The van der Waals surface area contributed by atoms with Crippen LogP contribution in [0.5, 0.6) is 5.75 Å². The number of furan rings is 1. The number of para-hydroxylation sites is 1. The van der Waals surface area contributed by atoms with E-state index in [-0.39, 0.29) is 34.3 Å². The molecule has 2 heterocycles. The van der Waals surface area contributed by atoms with Crippen LogP contribution in [0.25, 0.3) is 0 Å². The fourth-order valence-corrected chi connectivity index (χ4v) is 4.50. The Hall–Kier alpha value is -4.71. The highest BCUT2D eigenvalue weighted by Gasteiger charge is 2.38. The number of benzene rings is 2. The minimum Gasteiger partial charge on any atom is -0.497 e. The number of nitrogens with zero attached hydrogens (tertiary/aromatic N) is 2. The lowest BCUT2D eigenvalue weighted by Gasteiger charge is -2.30. The number of amides is 3. The Kier molecular flexibility index (Phi) is 7.72. The summed E-state index contributed by atoms with van der Waals surface area (Å²) in [5, 5.41) is 2.78. The maximum Gasteiger partial charge on any atom is 0.273 e. The van der Waals surface area contributed by atoms with Crippen LogP contribution in [0.3, 0.4) is 0 Å². The van der Waals surface area contributed by atoms with Crippen LogP contribution in [0.1, 0.15) is 43.3 Å². The van der Waals surface area contributed by atoms with Crippen molar-refractivity contribution in [2.45, 2.75) is 19.5 Å². The maximum atomic E-state index is 15.1. The predicted molar refractivity (Wildman–Crippen MR) is 139 cm³/mol. The van der Waals surface area contributed by atoms with Crippen molar-refractivity contribution in [3.63, 3.8) is 0 Å². The van der Waals surface area contributed by atoms with E-state index in [1.165, 1.54) is 24.3 Å². The largest absolute Gasteiger partial charge is 0.497 e. The monoisotopic (exact) mass is 537 g/mol. The molecular weight excluding hydrogens is 513 g/mol. The van der Waals surface area contributed by atoms with Crippen molar-refractivity contribution < 1.29 is 27.9 Å². The van der Waals surface area contributed by atoms with Gasteiger partial charge in [0.05, 0.1) is 18.5 Å². The van der Waals surface area contributed by atoms with E-state index >= 15 is 4.39 Å². The van der Waals surface area contributed by atoms with Gasteiger partial charge in [-0.15, -0.1) is 0 Å². The highest BCUT2D eigenvalue weighted by molar-refractivity contribution is 7.09. The Morgan fingerprint density at radius 1 is 1.13 bits per heavy atom. The summed E-state index contributed by atoms with van der Waals surface area (Å²) in [5.74, 6) is -1.99. The number of primary amides is 1. The predicted octanol–water partition coefficient (Wildman–Crippen LogP) is 3.58. The molecule has 0 saturated heterocycles. The van der Waals surface area contributed by atoms with E-state index in [0.717, 1.165) is 16.5 Å². The molecular formula is C26H24FN5O5S. The second-order valence-electron chi connectivity index (χ2n) is 8.18. The number of hydrogen-bond acceptors (Lipinski definition) is 8. The fraction of sp³-hybridized carbons (Fsp3) is 0.154. The molecule has 4 aromatic rings. The number of aryl methyl sites for hydroxylation is 1. The van der Waals surface area contributed by atoms with E-state index in [4.69, 9.17) is 20.6 Å². The van der Waals surface area contributed by atoms with Crippen LogP contribution in [-0.2, 0) is 11.3 Å². The lowest BCUT2D eigenvalue weighted by molar-refractivity contribution is -0.123. The van der Waals surface area contributed by atoms with Gasteiger partial charge in [-0.2, -0.15) is 4.37 Å². The van der Waals surface area contributed by atoms with Crippen molar-refractivity contribution in [2.75, 3.05) is 17.7 Å². The van der Waals surface area contributed by atoms with Crippen LogP contribution in [-0.4, -0.2) is 29.2 Å². The van der Waals surface area contributed by atoms with Crippen molar-refractivity contribution in [1.29, 1.82) is 0 Å². The van der Waals surface area contributed by atoms with Gasteiger partial charge in [0.15, 0.2) is 11.7 Å². The number of rotatable bonds is 9. The lowest BCUT2D eigenvalue weighted by Crippen LogP contribution is -2.44. The number of nitrogens with two attached hydrogens (primary N) is 2. The minimum atomic E-state index is -1.44. The molecule has 0 aliphatic rings. The molecule has 0 aliphatic carbocycles. The van der Waals surface area contributed by atoms with E-state index in [1.807, 2.05) is 0 Å². The quantitative estimate of drug-likeness (QED) is 0.295. The summed E-state index contributed by atoms with van der Waals surface area (Å²) in [7, 11) is 1.54. The Morgan fingerprint density at radius 2 is 1.84 bits per heavy atom. The van der Waals surface area contributed by atoms with Crippen molar-refractivity contribution in [2.24, 2.45) is 5.73 Å². The van der Waals surface area contributed by atoms with Crippen LogP contribution in [0.2, 0.25) is 0 Å². The zero-order valence-corrected chi connectivity index (χ0v) is 21.3. The van der Waals surface area contributed by atoms with E-state index in [0.29, 0.717) is 23.0 Å². The average Bonchev–Trinajstić information content (AvgIpc) is 3.51. The molecule has 38 heavy (non-hydrogen) atoms. The van der Waals surface area contributed by atoms with Gasteiger partial charge in [0.1, 0.15) is 28.0 Å². The number of nitrogen functional groups attached to an aromatic ring is 1. The summed E-state index contributed by atoms with van der Waals surface area (Å²) in [6.07, 6.45) is 0. The molecule has 10 nitrogen and oxygen atoms in total. The van der Waals surface area contributed by atoms with E-state index in [1.54, 1.807) is 44.4 Å². The smallest absolute Gasteiger partial charge is 0.273 e. The summed E-state index contributed by atoms with van der Waals surface area (Å²) in [4.78, 5) is 40.0. The zero-order chi connectivity index (χ0) is 27.4. The second-order valence-corrected chi connectivity index (χ2v) is 8.96. The Bertz CT molecular complexity index is 1480. The molecule has 0 bridgehead atoms. The number of methoxy groups -OCH3 is 1. The summed E-state index contributed by atoms with van der Waals surface area (Å²) in [5.41, 5.74) is 11.3. The molecule has 0 spiro atoms. The molecule has 0 unspecified atom stereocenters. The molecule has 196 valence electrons. The standard InChI is InChI=1S/C26H24FN5O5S/c1-14-7-12-19(37-14)22(25(34)30-13-15-8-10-16(36-2)11-9-15)32(18-6-4-3-5-17(18)27)26(35)23-20(28)21(24(29)33)31-38-23/h3-12,22H,13,28H2,1-2H3,(H2,29,33)(H,30,34)/t22-/m0/s1. The summed E-state index contributed by atoms with van der Waals surface area (Å²) in [6, 6.07) is 14.2. The Morgan fingerprint density at radius 3 is 2.42 bits per heavy atom. The van der Waals surface area contributed by atoms with Crippen LogP contribution < -0.4 is 26.4 Å². The van der Waals surface area contributed by atoms with E-state index in [2.05, 4.69) is 9.69 Å². The van der Waals surface area contributed by atoms with Gasteiger partial charge in [0.2, 0.25) is 0 Å². The third-order valence-corrected chi connectivity index (χ3v) is 6.50. The molecule has 3 amide bonds. The van der Waals surface area contributed by atoms with Crippen LogP contribution >= 0.6 is 11.5 Å².